The fraction of sp³-hybridized carbons (Fsp3) is 0.611. The van der Waals surface area contributed by atoms with Crippen LogP contribution in [0.25, 0.3) is 0 Å². The van der Waals surface area contributed by atoms with Crippen molar-refractivity contribution in [1.29, 1.82) is 0 Å². The zero-order chi connectivity index (χ0) is 16.4. The normalized spacial score (nSPS) is 21.2. The fourth-order valence-corrected chi connectivity index (χ4v) is 3.83. The second-order valence-corrected chi connectivity index (χ2v) is 6.85. The Morgan fingerprint density at radius 3 is 2.87 bits per heavy atom. The number of carbonyl (C=O) groups excluding carboxylic acids is 1. The first-order valence-corrected chi connectivity index (χ1v) is 8.65. The van der Waals surface area contributed by atoms with Crippen molar-refractivity contribution in [3.8, 4) is 5.75 Å². The van der Waals surface area contributed by atoms with Gasteiger partial charge >= 0.3 is 0 Å². The molecule has 1 aliphatic heterocycles. The number of aryl methyl sites for hydroxylation is 1. The number of aromatic hydroxyl groups is 1. The van der Waals surface area contributed by atoms with Crippen LogP contribution in [-0.4, -0.2) is 35.5 Å². The Morgan fingerprint density at radius 1 is 1.39 bits per heavy atom. The van der Waals surface area contributed by atoms with Crippen LogP contribution in [0.4, 0.5) is 0 Å². The summed E-state index contributed by atoms with van der Waals surface area (Å²) in [6.45, 7) is 4.87. The number of nitrogens with zero attached hydrogens (tertiary/aromatic N) is 1. The van der Waals surface area contributed by atoms with E-state index in [0.717, 1.165) is 42.6 Å². The van der Waals surface area contributed by atoms with Gasteiger partial charge in [-0.15, -0.1) is 0 Å². The molecule has 0 aromatic heterocycles. The van der Waals surface area contributed by atoms with E-state index in [9.17, 15) is 9.90 Å². The summed E-state index contributed by atoms with van der Waals surface area (Å²) in [4.78, 5) is 14.3. The lowest BCUT2D eigenvalue weighted by Crippen LogP contribution is -2.39. The molecule has 0 saturated carbocycles. The molecule has 1 aromatic carbocycles. The number of nitrogens with two attached hydrogens (primary N) is 1. The van der Waals surface area contributed by atoms with Crippen molar-refractivity contribution in [2.75, 3.05) is 19.6 Å². The minimum Gasteiger partial charge on any atom is -0.507 e. The lowest BCUT2D eigenvalue weighted by atomic mass is 9.98. The number of phenolic OH excluding ortho intramolecular Hbond substituents is 1. The van der Waals surface area contributed by atoms with Gasteiger partial charge in [0.15, 0.2) is 0 Å². The number of hydrogen-bond acceptors (Lipinski definition) is 4. The highest BCUT2D eigenvalue weighted by Crippen LogP contribution is 2.40. The van der Waals surface area contributed by atoms with Gasteiger partial charge in [-0.25, -0.2) is 0 Å². The molecular formula is C18H27N3O2. The number of fused-ring (bicyclic) bond motifs is 1. The van der Waals surface area contributed by atoms with E-state index in [0.29, 0.717) is 13.1 Å². The van der Waals surface area contributed by atoms with Crippen LogP contribution >= 0.6 is 0 Å². The third kappa shape index (κ3) is 3.51. The summed E-state index contributed by atoms with van der Waals surface area (Å²) in [6.07, 6.45) is 5.43. The number of nitrogens with one attached hydrogen (secondary N) is 1. The highest BCUT2D eigenvalue weighted by atomic mass is 16.3. The minimum atomic E-state index is -0.0901. The van der Waals surface area contributed by atoms with Crippen molar-refractivity contribution in [2.24, 2.45) is 5.73 Å². The SMILES string of the molecule is Cc1cc(CNC(=O)CN2CCCCC2)c(O)c2c1CCC2N. The van der Waals surface area contributed by atoms with Crippen LogP contribution in [0.5, 0.6) is 5.75 Å². The summed E-state index contributed by atoms with van der Waals surface area (Å²) < 4.78 is 0. The zero-order valence-corrected chi connectivity index (χ0v) is 13.9. The standard InChI is InChI=1S/C18H27N3O2/c1-12-9-13(18(23)17-14(12)5-6-15(17)19)10-20-16(22)11-21-7-3-2-4-8-21/h9,15,23H,2-8,10-11,19H2,1H3,(H,20,22). The first-order valence-electron chi connectivity index (χ1n) is 8.65. The maximum absolute atomic E-state index is 12.1. The van der Waals surface area contributed by atoms with Crippen molar-refractivity contribution in [3.63, 3.8) is 0 Å². The first-order chi connectivity index (χ1) is 11.1. The molecule has 126 valence electrons. The molecule has 4 N–H and O–H groups in total. The Balaban J connectivity index is 1.63. The van der Waals surface area contributed by atoms with E-state index in [-0.39, 0.29) is 17.7 Å². The van der Waals surface area contributed by atoms with Crippen molar-refractivity contribution in [2.45, 2.75) is 51.6 Å². The molecule has 1 aliphatic carbocycles. The predicted octanol–water partition coefficient (Wildman–Crippen LogP) is 1.75. The molecule has 1 saturated heterocycles. The lowest BCUT2D eigenvalue weighted by Gasteiger charge is -2.25. The average molecular weight is 317 g/mol. The molecule has 1 amide bonds. The van der Waals surface area contributed by atoms with Crippen LogP contribution in [0.15, 0.2) is 6.07 Å². The highest BCUT2D eigenvalue weighted by molar-refractivity contribution is 5.78. The molecule has 3 rings (SSSR count). The molecule has 1 aromatic rings. The number of hydrogen-bond donors (Lipinski definition) is 3. The maximum atomic E-state index is 12.1. The largest absolute Gasteiger partial charge is 0.507 e. The van der Waals surface area contributed by atoms with Crippen LogP contribution in [0, 0.1) is 6.92 Å². The van der Waals surface area contributed by atoms with Crippen LogP contribution in [0.2, 0.25) is 0 Å². The van der Waals surface area contributed by atoms with Crippen LogP contribution < -0.4 is 11.1 Å². The van der Waals surface area contributed by atoms with Crippen LogP contribution in [-0.2, 0) is 17.8 Å². The van der Waals surface area contributed by atoms with E-state index >= 15 is 0 Å². The van der Waals surface area contributed by atoms with Gasteiger partial charge in [-0.1, -0.05) is 12.5 Å². The zero-order valence-electron chi connectivity index (χ0n) is 13.9. The van der Waals surface area contributed by atoms with E-state index in [1.165, 1.54) is 24.8 Å². The van der Waals surface area contributed by atoms with Gasteiger partial charge in [-0.05, 0) is 56.8 Å². The van der Waals surface area contributed by atoms with Gasteiger partial charge in [-0.3, -0.25) is 9.69 Å². The molecule has 5 heteroatoms. The second-order valence-electron chi connectivity index (χ2n) is 6.85. The van der Waals surface area contributed by atoms with Gasteiger partial charge in [0.2, 0.25) is 5.91 Å². The number of carbonyl (C=O) groups is 1. The van der Waals surface area contributed by atoms with Gasteiger partial charge in [0.1, 0.15) is 5.75 Å². The van der Waals surface area contributed by atoms with Crippen molar-refractivity contribution < 1.29 is 9.90 Å². The molecule has 1 atom stereocenters. The van der Waals surface area contributed by atoms with Gasteiger partial charge in [0.05, 0.1) is 6.54 Å². The van der Waals surface area contributed by atoms with Crippen LogP contribution in [0.1, 0.15) is 54.0 Å². The van der Waals surface area contributed by atoms with Crippen molar-refractivity contribution in [1.82, 2.24) is 10.2 Å². The van der Waals surface area contributed by atoms with Gasteiger partial charge in [0, 0.05) is 23.7 Å². The molecule has 0 bridgehead atoms. The Bertz CT molecular complexity index is 594. The number of benzene rings is 1. The number of rotatable bonds is 4. The van der Waals surface area contributed by atoms with Crippen LogP contribution in [0.3, 0.4) is 0 Å². The second kappa shape index (κ2) is 6.89. The Labute approximate surface area is 137 Å². The lowest BCUT2D eigenvalue weighted by molar-refractivity contribution is -0.122. The third-order valence-electron chi connectivity index (χ3n) is 5.12. The first kappa shape index (κ1) is 16.3. The van der Waals surface area contributed by atoms with Crippen molar-refractivity contribution >= 4 is 5.91 Å². The summed E-state index contributed by atoms with van der Waals surface area (Å²) in [5, 5.41) is 13.4. The van der Waals surface area contributed by atoms with Gasteiger partial charge < -0.3 is 16.2 Å². The molecule has 1 unspecified atom stereocenters. The molecular weight excluding hydrogens is 290 g/mol. The summed E-state index contributed by atoms with van der Waals surface area (Å²) in [5.41, 5.74) is 10.1. The van der Waals surface area contributed by atoms with Gasteiger partial charge in [0.25, 0.3) is 0 Å². The van der Waals surface area contributed by atoms with E-state index in [4.69, 9.17) is 5.73 Å². The summed E-state index contributed by atoms with van der Waals surface area (Å²) >= 11 is 0. The number of amides is 1. The summed E-state index contributed by atoms with van der Waals surface area (Å²) in [6, 6.07) is 1.89. The smallest absolute Gasteiger partial charge is 0.234 e. The molecule has 0 radical (unpaired) electrons. The molecule has 2 aliphatic rings. The molecule has 23 heavy (non-hydrogen) atoms. The van der Waals surface area contributed by atoms with E-state index in [1.54, 1.807) is 0 Å². The molecule has 1 heterocycles. The quantitative estimate of drug-likeness (QED) is 0.790. The molecule has 0 spiro atoms. The number of likely N-dealkylation sites (tertiary alicyclic amines) is 1. The Hall–Kier alpha value is -1.59. The summed E-state index contributed by atoms with van der Waals surface area (Å²) in [5.74, 6) is 0.294. The molecule has 5 nitrogen and oxygen atoms in total. The maximum Gasteiger partial charge on any atom is 0.234 e. The van der Waals surface area contributed by atoms with Gasteiger partial charge in [-0.2, -0.15) is 0 Å². The highest BCUT2D eigenvalue weighted by Gasteiger charge is 2.26. The fourth-order valence-electron chi connectivity index (χ4n) is 3.83. The Morgan fingerprint density at radius 2 is 2.13 bits per heavy atom. The number of piperidine rings is 1. The Kier molecular flexibility index (Phi) is 4.87. The van der Waals surface area contributed by atoms with E-state index in [2.05, 4.69) is 17.1 Å². The topological polar surface area (TPSA) is 78.6 Å². The summed E-state index contributed by atoms with van der Waals surface area (Å²) in [7, 11) is 0. The van der Waals surface area contributed by atoms with E-state index < -0.39 is 0 Å². The average Bonchev–Trinajstić information content (AvgIpc) is 2.93. The monoisotopic (exact) mass is 317 g/mol. The number of phenols is 1. The minimum absolute atomic E-state index is 0.0220. The molecule has 1 fully saturated rings. The third-order valence-corrected chi connectivity index (χ3v) is 5.12. The van der Waals surface area contributed by atoms with Crippen molar-refractivity contribution in [3.05, 3.63) is 28.3 Å². The van der Waals surface area contributed by atoms with E-state index in [1.807, 2.05) is 6.07 Å². The predicted molar refractivity (Wildman–Crippen MR) is 90.2 cm³/mol.